The van der Waals surface area contributed by atoms with E-state index in [1.165, 1.54) is 16.3 Å². The summed E-state index contributed by atoms with van der Waals surface area (Å²) in [6.07, 6.45) is 3.68. The number of pyridine rings is 1. The van der Waals surface area contributed by atoms with Gasteiger partial charge in [0.15, 0.2) is 17.4 Å². The molecule has 3 aromatic rings. The summed E-state index contributed by atoms with van der Waals surface area (Å²) in [6, 6.07) is 10.3. The van der Waals surface area contributed by atoms with Crippen LogP contribution in [0.5, 0.6) is 0 Å². The summed E-state index contributed by atoms with van der Waals surface area (Å²) in [6.45, 7) is 0. The minimum Gasteiger partial charge on any atom is -0.353 e. The fourth-order valence-corrected chi connectivity index (χ4v) is 1.70. The zero-order valence-electron chi connectivity index (χ0n) is 6.99. The average Bonchev–Trinajstić information content (AvgIpc) is 2.56. The molecule has 0 saturated carbocycles. The van der Waals surface area contributed by atoms with Crippen LogP contribution in [0.3, 0.4) is 0 Å². The summed E-state index contributed by atoms with van der Waals surface area (Å²) in [4.78, 5) is 7.39. The van der Waals surface area contributed by atoms with Gasteiger partial charge < -0.3 is 4.98 Å². The Morgan fingerprint density at radius 2 is 1.71 bits per heavy atom. The molecule has 0 aliphatic carbocycles. The van der Waals surface area contributed by atoms with Crippen LogP contribution in [0.1, 0.15) is 0 Å². The van der Waals surface area contributed by atoms with Crippen LogP contribution in [0.25, 0.3) is 21.8 Å². The van der Waals surface area contributed by atoms with Gasteiger partial charge in [0.05, 0.1) is 11.7 Å². The van der Waals surface area contributed by atoms with Gasteiger partial charge in [0, 0.05) is 22.5 Å². The Morgan fingerprint density at radius 3 is 2.64 bits per heavy atom. The number of benzene rings is 1. The molecule has 68 valence electrons. The number of H-pyrrole nitrogens is 1. The molecule has 0 atom stereocenters. The van der Waals surface area contributed by atoms with Crippen molar-refractivity contribution in [1.82, 2.24) is 9.97 Å². The monoisotopic (exact) mass is 198 g/mol. The van der Waals surface area contributed by atoms with Crippen molar-refractivity contribution >= 4 is 39.2 Å². The Hall–Kier alpha value is -1.30. The predicted octanol–water partition coefficient (Wildman–Crippen LogP) is 1.53. The number of hydrogen-bond donors (Lipinski definition) is 1. The molecule has 0 radical (unpaired) electrons. The standard InChI is InChI=1S/C11H8N2.Al.3H/c1-2-4-10-8(3-1)9-5-6-12-7-11(9)13-10;;;;/h1-7,13H;;;;. The first-order valence-electron chi connectivity index (χ1n) is 4.25. The summed E-state index contributed by atoms with van der Waals surface area (Å²) < 4.78 is 0. The van der Waals surface area contributed by atoms with Crippen molar-refractivity contribution in [1.29, 1.82) is 0 Å². The molecular weight excluding hydrogens is 187 g/mol. The van der Waals surface area contributed by atoms with E-state index in [0.717, 1.165) is 5.52 Å². The first-order chi connectivity index (χ1) is 6.45. The Balaban J connectivity index is 0.000000750. The highest BCUT2D eigenvalue weighted by Crippen LogP contribution is 2.23. The molecule has 0 aliphatic rings. The lowest BCUT2D eigenvalue weighted by atomic mass is 10.2. The fourth-order valence-electron chi connectivity index (χ4n) is 1.70. The summed E-state index contributed by atoms with van der Waals surface area (Å²) in [5.41, 5.74) is 2.27. The molecule has 2 nitrogen and oxygen atoms in total. The minimum absolute atomic E-state index is 0. The van der Waals surface area contributed by atoms with Crippen molar-refractivity contribution in [3.05, 3.63) is 42.7 Å². The molecule has 0 unspecified atom stereocenters. The zero-order chi connectivity index (χ0) is 8.67. The summed E-state index contributed by atoms with van der Waals surface area (Å²) >= 11 is 0. The molecule has 3 heteroatoms. The zero-order valence-corrected chi connectivity index (χ0v) is 6.99. The van der Waals surface area contributed by atoms with E-state index in [0.29, 0.717) is 0 Å². The first kappa shape index (κ1) is 9.26. The van der Waals surface area contributed by atoms with Crippen LogP contribution < -0.4 is 0 Å². The van der Waals surface area contributed by atoms with E-state index < -0.39 is 0 Å². The van der Waals surface area contributed by atoms with Crippen LogP contribution >= 0.6 is 0 Å². The number of nitrogens with zero attached hydrogens (tertiary/aromatic N) is 1. The largest absolute Gasteiger partial charge is 0.353 e. The van der Waals surface area contributed by atoms with Crippen molar-refractivity contribution in [3.63, 3.8) is 0 Å². The van der Waals surface area contributed by atoms with Crippen molar-refractivity contribution in [2.45, 2.75) is 0 Å². The summed E-state index contributed by atoms with van der Waals surface area (Å²) in [5, 5.41) is 2.51. The molecule has 2 aromatic heterocycles. The van der Waals surface area contributed by atoms with E-state index in [4.69, 9.17) is 0 Å². The van der Waals surface area contributed by atoms with E-state index >= 15 is 0 Å². The van der Waals surface area contributed by atoms with Crippen molar-refractivity contribution in [3.8, 4) is 0 Å². The second kappa shape index (κ2) is 3.45. The highest BCUT2D eigenvalue weighted by atomic mass is 27.0. The van der Waals surface area contributed by atoms with E-state index in [9.17, 15) is 0 Å². The van der Waals surface area contributed by atoms with Gasteiger partial charge >= 0.3 is 0 Å². The SMILES string of the molecule is [AlH3].c1ccc2c(c1)[nH]c1cnccc12. The molecule has 2 heterocycles. The minimum atomic E-state index is 0. The van der Waals surface area contributed by atoms with Gasteiger partial charge in [-0.05, 0) is 12.1 Å². The van der Waals surface area contributed by atoms with Gasteiger partial charge in [0.2, 0.25) is 0 Å². The quantitative estimate of drug-likeness (QED) is 0.545. The first-order valence-corrected chi connectivity index (χ1v) is 4.25. The van der Waals surface area contributed by atoms with Crippen LogP contribution in [0.2, 0.25) is 0 Å². The van der Waals surface area contributed by atoms with Crippen LogP contribution in [0.15, 0.2) is 42.7 Å². The average molecular weight is 198 g/mol. The maximum atomic E-state index is 4.08. The third-order valence-corrected chi connectivity index (χ3v) is 2.31. The molecule has 0 amide bonds. The fraction of sp³-hybridized carbons (Fsp3) is 0. The molecule has 0 spiro atoms. The number of aromatic nitrogens is 2. The predicted molar refractivity (Wildman–Crippen MR) is 63.5 cm³/mol. The number of rotatable bonds is 0. The van der Waals surface area contributed by atoms with E-state index in [1.807, 2.05) is 24.5 Å². The molecule has 0 fully saturated rings. The molecule has 0 bridgehead atoms. The van der Waals surface area contributed by atoms with E-state index in [2.05, 4.69) is 28.2 Å². The van der Waals surface area contributed by atoms with Crippen molar-refractivity contribution in [2.75, 3.05) is 0 Å². The molecule has 1 aromatic carbocycles. The summed E-state index contributed by atoms with van der Waals surface area (Å²) in [5.74, 6) is 0. The van der Waals surface area contributed by atoms with Crippen LogP contribution in [0, 0.1) is 0 Å². The highest BCUT2D eigenvalue weighted by molar-refractivity contribution is 6.06. The lowest BCUT2D eigenvalue weighted by molar-refractivity contribution is 1.35. The Kier molecular flexibility index (Phi) is 2.29. The van der Waals surface area contributed by atoms with Crippen LogP contribution in [-0.2, 0) is 0 Å². The normalized spacial score (nSPS) is 10.3. The highest BCUT2D eigenvalue weighted by Gasteiger charge is 2.00. The lowest BCUT2D eigenvalue weighted by Gasteiger charge is -1.87. The molecule has 3 rings (SSSR count). The lowest BCUT2D eigenvalue weighted by Crippen LogP contribution is -1.68. The number of hydrogen-bond acceptors (Lipinski definition) is 1. The second-order valence-corrected chi connectivity index (χ2v) is 3.09. The molecule has 0 aliphatic heterocycles. The van der Waals surface area contributed by atoms with Crippen molar-refractivity contribution in [2.24, 2.45) is 0 Å². The third-order valence-electron chi connectivity index (χ3n) is 2.31. The van der Waals surface area contributed by atoms with Gasteiger partial charge in [-0.25, -0.2) is 0 Å². The van der Waals surface area contributed by atoms with Gasteiger partial charge in [-0.1, -0.05) is 18.2 Å². The van der Waals surface area contributed by atoms with Crippen LogP contribution in [-0.4, -0.2) is 27.3 Å². The van der Waals surface area contributed by atoms with E-state index in [1.54, 1.807) is 0 Å². The van der Waals surface area contributed by atoms with Gasteiger partial charge in [0.25, 0.3) is 0 Å². The van der Waals surface area contributed by atoms with Gasteiger partial charge in [-0.2, -0.15) is 0 Å². The third kappa shape index (κ3) is 1.22. The van der Waals surface area contributed by atoms with Gasteiger partial charge in [0.1, 0.15) is 0 Å². The topological polar surface area (TPSA) is 28.7 Å². The van der Waals surface area contributed by atoms with Gasteiger partial charge in [-0.15, -0.1) is 0 Å². The molecule has 14 heavy (non-hydrogen) atoms. The number of nitrogens with one attached hydrogen (secondary N) is 1. The van der Waals surface area contributed by atoms with Crippen molar-refractivity contribution < 1.29 is 0 Å². The second-order valence-electron chi connectivity index (χ2n) is 3.09. The maximum absolute atomic E-state index is 4.08. The number of aromatic amines is 1. The molecular formula is C11H11AlN2. The number of para-hydroxylation sites is 1. The number of fused-ring (bicyclic) bond motifs is 3. The Labute approximate surface area is 92.1 Å². The Bertz CT molecular complexity index is 521. The molecule has 0 saturated heterocycles. The van der Waals surface area contributed by atoms with Crippen LogP contribution in [0.4, 0.5) is 0 Å². The van der Waals surface area contributed by atoms with Gasteiger partial charge in [-0.3, -0.25) is 4.98 Å². The smallest absolute Gasteiger partial charge is 0.187 e. The Morgan fingerprint density at radius 1 is 0.929 bits per heavy atom. The molecule has 1 N–H and O–H groups in total. The summed E-state index contributed by atoms with van der Waals surface area (Å²) in [7, 11) is 0. The van der Waals surface area contributed by atoms with E-state index in [-0.39, 0.29) is 17.4 Å². The maximum Gasteiger partial charge on any atom is 0.187 e.